The Hall–Kier alpha value is -2.92. The zero-order valence-corrected chi connectivity index (χ0v) is 13.6. The van der Waals surface area contributed by atoms with Gasteiger partial charge in [0.15, 0.2) is 0 Å². The Balaban J connectivity index is 1.81. The maximum atomic E-state index is 12.4. The molecule has 1 aromatic heterocycles. The van der Waals surface area contributed by atoms with Crippen LogP contribution in [0.5, 0.6) is 0 Å². The summed E-state index contributed by atoms with van der Waals surface area (Å²) in [6.07, 6.45) is -0.661. The number of nitrogens with one attached hydrogen (secondary N) is 2. The number of H-pyrrole nitrogens is 1. The molecule has 1 atom stereocenters. The average Bonchev–Trinajstić information content (AvgIpc) is 3.06. The molecule has 3 aromatic rings. The summed E-state index contributed by atoms with van der Waals surface area (Å²) in [6, 6.07) is 16.8. The van der Waals surface area contributed by atoms with Gasteiger partial charge in [0.25, 0.3) is 5.91 Å². The summed E-state index contributed by atoms with van der Waals surface area (Å²) in [5, 5.41) is 19.6. The number of aryl methyl sites for hydroxylation is 1. The van der Waals surface area contributed by atoms with Crippen LogP contribution in [0.3, 0.4) is 0 Å². The highest BCUT2D eigenvalue weighted by molar-refractivity contribution is 6.03. The average molecular weight is 321 g/mol. The number of aliphatic hydroxyl groups excluding tert-OH is 1. The Kier molecular flexibility index (Phi) is 4.44. The van der Waals surface area contributed by atoms with Crippen molar-refractivity contribution < 1.29 is 9.90 Å². The fraction of sp³-hybridized carbons (Fsp3) is 0.158. The largest absolute Gasteiger partial charge is 0.389 e. The van der Waals surface area contributed by atoms with Crippen molar-refractivity contribution in [3.63, 3.8) is 0 Å². The number of aromatic amines is 1. The van der Waals surface area contributed by atoms with Gasteiger partial charge in [-0.05, 0) is 26.0 Å². The van der Waals surface area contributed by atoms with Gasteiger partial charge >= 0.3 is 0 Å². The molecule has 0 radical (unpaired) electrons. The van der Waals surface area contributed by atoms with E-state index in [1.807, 2.05) is 43.3 Å². The third kappa shape index (κ3) is 3.36. The molecule has 1 heterocycles. The van der Waals surface area contributed by atoms with E-state index in [0.29, 0.717) is 22.6 Å². The van der Waals surface area contributed by atoms with Gasteiger partial charge in [0.1, 0.15) is 5.69 Å². The van der Waals surface area contributed by atoms with E-state index >= 15 is 0 Å². The smallest absolute Gasteiger partial charge is 0.273 e. The molecule has 0 aliphatic carbocycles. The van der Waals surface area contributed by atoms with Crippen molar-refractivity contribution in [1.29, 1.82) is 0 Å². The molecule has 24 heavy (non-hydrogen) atoms. The first kappa shape index (κ1) is 16.0. The maximum absolute atomic E-state index is 12.4. The van der Waals surface area contributed by atoms with E-state index < -0.39 is 6.10 Å². The molecule has 0 fully saturated rings. The van der Waals surface area contributed by atoms with Crippen molar-refractivity contribution in [3.8, 4) is 11.3 Å². The lowest BCUT2D eigenvalue weighted by Crippen LogP contribution is -2.14. The van der Waals surface area contributed by atoms with Gasteiger partial charge in [0, 0.05) is 16.8 Å². The molecule has 2 aromatic carbocycles. The summed E-state index contributed by atoms with van der Waals surface area (Å²) in [6.45, 7) is 3.68. The Morgan fingerprint density at radius 3 is 2.58 bits per heavy atom. The molecule has 1 unspecified atom stereocenters. The van der Waals surface area contributed by atoms with Crippen molar-refractivity contribution in [3.05, 3.63) is 71.4 Å². The first-order valence-electron chi connectivity index (χ1n) is 7.75. The molecule has 5 heteroatoms. The van der Waals surface area contributed by atoms with Gasteiger partial charge in [-0.25, -0.2) is 0 Å². The van der Waals surface area contributed by atoms with Crippen LogP contribution >= 0.6 is 0 Å². The molecule has 0 bridgehead atoms. The topological polar surface area (TPSA) is 78.0 Å². The quantitative estimate of drug-likeness (QED) is 0.686. The van der Waals surface area contributed by atoms with E-state index in [0.717, 1.165) is 5.56 Å². The van der Waals surface area contributed by atoms with Crippen LogP contribution in [0, 0.1) is 6.92 Å². The molecule has 3 N–H and O–H groups in total. The van der Waals surface area contributed by atoms with Crippen LogP contribution in [-0.4, -0.2) is 21.2 Å². The zero-order chi connectivity index (χ0) is 17.1. The number of hydrogen-bond donors (Lipinski definition) is 3. The Morgan fingerprint density at radius 1 is 1.17 bits per heavy atom. The van der Waals surface area contributed by atoms with Crippen LogP contribution in [0.4, 0.5) is 5.69 Å². The van der Waals surface area contributed by atoms with Crippen molar-refractivity contribution >= 4 is 11.6 Å². The van der Waals surface area contributed by atoms with E-state index in [9.17, 15) is 9.90 Å². The van der Waals surface area contributed by atoms with E-state index in [1.54, 1.807) is 25.1 Å². The maximum Gasteiger partial charge on any atom is 0.273 e. The fourth-order valence-corrected chi connectivity index (χ4v) is 2.48. The number of para-hydroxylation sites is 1. The molecule has 3 rings (SSSR count). The van der Waals surface area contributed by atoms with Crippen LogP contribution in [0.1, 0.15) is 34.6 Å². The third-order valence-corrected chi connectivity index (χ3v) is 3.83. The summed E-state index contributed by atoms with van der Waals surface area (Å²) < 4.78 is 0. The Morgan fingerprint density at radius 2 is 1.88 bits per heavy atom. The van der Waals surface area contributed by atoms with E-state index in [4.69, 9.17) is 0 Å². The zero-order valence-electron chi connectivity index (χ0n) is 13.6. The van der Waals surface area contributed by atoms with Gasteiger partial charge in [-0.2, -0.15) is 5.10 Å². The molecule has 0 aliphatic rings. The first-order chi connectivity index (χ1) is 11.5. The second-order valence-electron chi connectivity index (χ2n) is 5.75. The van der Waals surface area contributed by atoms with Crippen LogP contribution in [-0.2, 0) is 0 Å². The highest BCUT2D eigenvalue weighted by Crippen LogP contribution is 2.23. The molecular formula is C19H19N3O2. The predicted octanol–water partition coefficient (Wildman–Crippen LogP) is 3.69. The van der Waals surface area contributed by atoms with E-state index in [-0.39, 0.29) is 5.91 Å². The van der Waals surface area contributed by atoms with Gasteiger partial charge in [-0.3, -0.25) is 9.89 Å². The molecule has 0 aliphatic heterocycles. The van der Waals surface area contributed by atoms with Crippen LogP contribution in [0.25, 0.3) is 11.3 Å². The normalized spacial score (nSPS) is 12.0. The summed E-state index contributed by atoms with van der Waals surface area (Å²) in [5.74, 6) is -0.297. The Bertz CT molecular complexity index is 851. The number of carbonyl (C=O) groups excluding carboxylic acids is 1. The number of aromatic nitrogens is 2. The number of nitrogens with zero attached hydrogens (tertiary/aromatic N) is 1. The molecule has 5 nitrogen and oxygen atoms in total. The van der Waals surface area contributed by atoms with Gasteiger partial charge in [-0.15, -0.1) is 0 Å². The molecule has 1 amide bonds. The number of anilines is 1. The van der Waals surface area contributed by atoms with Gasteiger partial charge in [-0.1, -0.05) is 48.0 Å². The van der Waals surface area contributed by atoms with Crippen molar-refractivity contribution in [1.82, 2.24) is 10.2 Å². The minimum Gasteiger partial charge on any atom is -0.389 e. The van der Waals surface area contributed by atoms with Gasteiger partial charge in [0.2, 0.25) is 0 Å². The number of aliphatic hydroxyl groups is 1. The van der Waals surface area contributed by atoms with E-state index in [2.05, 4.69) is 15.5 Å². The number of amides is 1. The minimum absolute atomic E-state index is 0.297. The summed E-state index contributed by atoms with van der Waals surface area (Å²) in [5.41, 5.74) is 4.45. The predicted molar refractivity (Wildman–Crippen MR) is 93.8 cm³/mol. The highest BCUT2D eigenvalue weighted by atomic mass is 16.3. The monoisotopic (exact) mass is 321 g/mol. The number of carbonyl (C=O) groups is 1. The summed E-state index contributed by atoms with van der Waals surface area (Å²) >= 11 is 0. The van der Waals surface area contributed by atoms with Gasteiger partial charge in [0.05, 0.1) is 11.8 Å². The lowest BCUT2D eigenvalue weighted by molar-refractivity contribution is 0.102. The van der Waals surface area contributed by atoms with Crippen LogP contribution in [0.2, 0.25) is 0 Å². The number of benzene rings is 2. The molecule has 0 saturated heterocycles. The molecule has 0 spiro atoms. The molecule has 0 saturated carbocycles. The third-order valence-electron chi connectivity index (χ3n) is 3.83. The summed E-state index contributed by atoms with van der Waals surface area (Å²) in [7, 11) is 0. The second kappa shape index (κ2) is 6.68. The highest BCUT2D eigenvalue weighted by Gasteiger charge is 2.14. The van der Waals surface area contributed by atoms with Gasteiger partial charge < -0.3 is 10.4 Å². The Labute approximate surface area is 140 Å². The molecule has 122 valence electrons. The summed E-state index contributed by atoms with van der Waals surface area (Å²) in [4.78, 5) is 12.4. The number of hydrogen-bond acceptors (Lipinski definition) is 3. The van der Waals surface area contributed by atoms with Crippen molar-refractivity contribution in [2.24, 2.45) is 0 Å². The van der Waals surface area contributed by atoms with Crippen molar-refractivity contribution in [2.45, 2.75) is 20.0 Å². The minimum atomic E-state index is -0.661. The van der Waals surface area contributed by atoms with Crippen molar-refractivity contribution in [2.75, 3.05) is 5.32 Å². The second-order valence-corrected chi connectivity index (χ2v) is 5.75. The lowest BCUT2D eigenvalue weighted by Gasteiger charge is -2.12. The first-order valence-corrected chi connectivity index (χ1v) is 7.75. The van der Waals surface area contributed by atoms with Crippen LogP contribution in [0.15, 0.2) is 54.6 Å². The SMILES string of the molecule is Cc1ccc(-c2cc(C(=O)Nc3ccccc3C(C)O)[nH]n2)cc1. The lowest BCUT2D eigenvalue weighted by atomic mass is 10.1. The fourth-order valence-electron chi connectivity index (χ4n) is 2.48. The standard InChI is InChI=1S/C19H19N3O2/c1-12-7-9-14(10-8-12)17-11-18(22-21-17)19(24)20-16-6-4-3-5-15(16)13(2)23/h3-11,13,23H,1-2H3,(H,20,24)(H,21,22). The van der Waals surface area contributed by atoms with Crippen LogP contribution < -0.4 is 5.32 Å². The molecular weight excluding hydrogens is 302 g/mol. The van der Waals surface area contributed by atoms with E-state index in [1.165, 1.54) is 5.56 Å². The number of rotatable bonds is 4.